The van der Waals surface area contributed by atoms with Gasteiger partial charge in [-0.3, -0.25) is 14.4 Å². The molecule has 1 aromatic rings. The number of aliphatic hydroxyl groups excluding tert-OH is 1. The maximum atomic E-state index is 14.4. The highest BCUT2D eigenvalue weighted by molar-refractivity contribution is 6.05. The standard InChI is InChI=1S/C30H38N2O7/c1-3-29-15-6-4-9-20-38-28(36)24(29)23-26(34)32(17-7-5-8-19-33)25-27(35)31(18-10-16-30(23,25)39-29)21-11-13-22(37-2)14-12-21/h6,10-16,23-25,33H,3-5,7-9,17-20H2,1-2H3/b15-6-/t23-,24+,25?,29-,30-/m0/s1. The van der Waals surface area contributed by atoms with Crippen LogP contribution in [0.1, 0.15) is 45.4 Å². The van der Waals surface area contributed by atoms with Crippen LogP contribution in [0.15, 0.2) is 48.6 Å². The zero-order valence-electron chi connectivity index (χ0n) is 22.7. The SMILES string of the molecule is CC[C@]12/C=C\CCCOC(=O)[C@H]1[C@H]1C(=O)N(CCCCCO)C3C(=O)N(c4ccc(OC)cc4)CC=C[C@@]31O2. The first kappa shape index (κ1) is 27.4. The first-order chi connectivity index (χ1) is 18.9. The molecule has 4 heterocycles. The van der Waals surface area contributed by atoms with Gasteiger partial charge in [-0.15, -0.1) is 0 Å². The normalized spacial score (nSPS) is 32.9. The number of carbonyl (C=O) groups is 3. The van der Waals surface area contributed by atoms with E-state index >= 15 is 0 Å². The Hall–Kier alpha value is -3.17. The Morgan fingerprint density at radius 3 is 2.54 bits per heavy atom. The van der Waals surface area contributed by atoms with Gasteiger partial charge in [0.25, 0.3) is 5.91 Å². The van der Waals surface area contributed by atoms with Gasteiger partial charge >= 0.3 is 5.97 Å². The number of aliphatic hydroxyl groups is 1. The Morgan fingerprint density at radius 1 is 1.03 bits per heavy atom. The summed E-state index contributed by atoms with van der Waals surface area (Å²) < 4.78 is 17.9. The van der Waals surface area contributed by atoms with Crippen LogP contribution in [0.4, 0.5) is 5.69 Å². The molecule has 5 rings (SSSR count). The van der Waals surface area contributed by atoms with E-state index in [1.54, 1.807) is 29.0 Å². The van der Waals surface area contributed by atoms with Crippen LogP contribution in [-0.4, -0.2) is 78.4 Å². The second-order valence-corrected chi connectivity index (χ2v) is 10.7. The second-order valence-electron chi connectivity index (χ2n) is 10.7. The van der Waals surface area contributed by atoms with Crippen molar-refractivity contribution in [2.45, 2.75) is 62.7 Å². The van der Waals surface area contributed by atoms with Crippen LogP contribution in [0.25, 0.3) is 0 Å². The summed E-state index contributed by atoms with van der Waals surface area (Å²) in [6.07, 6.45) is 11.5. The second kappa shape index (κ2) is 11.1. The molecule has 5 atom stereocenters. The largest absolute Gasteiger partial charge is 0.497 e. The number of allylic oxidation sites excluding steroid dienone is 1. The van der Waals surface area contributed by atoms with E-state index in [1.165, 1.54) is 0 Å². The highest BCUT2D eigenvalue weighted by Crippen LogP contribution is 2.58. The van der Waals surface area contributed by atoms with Gasteiger partial charge in [0.2, 0.25) is 5.91 Å². The van der Waals surface area contributed by atoms with E-state index in [2.05, 4.69) is 0 Å². The van der Waals surface area contributed by atoms with Crippen molar-refractivity contribution in [2.24, 2.45) is 11.8 Å². The lowest BCUT2D eigenvalue weighted by atomic mass is 9.73. The van der Waals surface area contributed by atoms with Gasteiger partial charge in [-0.1, -0.05) is 31.2 Å². The predicted molar refractivity (Wildman–Crippen MR) is 144 cm³/mol. The lowest BCUT2D eigenvalue weighted by molar-refractivity contribution is -0.159. The maximum Gasteiger partial charge on any atom is 0.313 e. The number of anilines is 1. The molecule has 1 aromatic carbocycles. The Bertz CT molecular complexity index is 1150. The highest BCUT2D eigenvalue weighted by Gasteiger charge is 2.75. The van der Waals surface area contributed by atoms with E-state index in [4.69, 9.17) is 14.2 Å². The number of benzene rings is 1. The Kier molecular flexibility index (Phi) is 7.82. The molecule has 0 aliphatic carbocycles. The number of methoxy groups -OCH3 is 1. The number of hydrogen-bond donors (Lipinski definition) is 1. The Balaban J connectivity index is 1.60. The molecule has 1 unspecified atom stereocenters. The summed E-state index contributed by atoms with van der Waals surface area (Å²) >= 11 is 0. The van der Waals surface area contributed by atoms with Crippen LogP contribution in [0.5, 0.6) is 5.75 Å². The fourth-order valence-corrected chi connectivity index (χ4v) is 6.68. The highest BCUT2D eigenvalue weighted by atomic mass is 16.6. The summed E-state index contributed by atoms with van der Waals surface area (Å²) in [5.74, 6) is -2.03. The van der Waals surface area contributed by atoms with E-state index in [1.807, 2.05) is 43.4 Å². The quantitative estimate of drug-likeness (QED) is 0.308. The molecule has 1 spiro atoms. The third kappa shape index (κ3) is 4.55. The van der Waals surface area contributed by atoms with Crippen molar-refractivity contribution in [2.75, 3.05) is 38.3 Å². The van der Waals surface area contributed by atoms with Gasteiger partial charge in [0, 0.05) is 25.4 Å². The Morgan fingerprint density at radius 2 is 1.82 bits per heavy atom. The van der Waals surface area contributed by atoms with Crippen LogP contribution in [0, 0.1) is 11.8 Å². The summed E-state index contributed by atoms with van der Waals surface area (Å²) in [6, 6.07) is 6.30. The van der Waals surface area contributed by atoms with Crippen molar-refractivity contribution in [1.82, 2.24) is 4.90 Å². The number of esters is 1. The number of hydrogen-bond acceptors (Lipinski definition) is 7. The summed E-state index contributed by atoms with van der Waals surface area (Å²) in [5.41, 5.74) is -1.68. The van der Waals surface area contributed by atoms with E-state index in [0.717, 1.165) is 6.42 Å². The summed E-state index contributed by atoms with van der Waals surface area (Å²) in [5, 5.41) is 9.25. The number of cyclic esters (lactones) is 1. The minimum absolute atomic E-state index is 0.0687. The molecule has 210 valence electrons. The number of ether oxygens (including phenoxy) is 3. The van der Waals surface area contributed by atoms with Crippen LogP contribution in [0.2, 0.25) is 0 Å². The molecule has 2 saturated heterocycles. The minimum Gasteiger partial charge on any atom is -0.497 e. The fourth-order valence-electron chi connectivity index (χ4n) is 6.68. The van der Waals surface area contributed by atoms with E-state index in [-0.39, 0.29) is 25.0 Å². The van der Waals surface area contributed by atoms with E-state index in [9.17, 15) is 19.5 Å². The molecule has 2 amide bonds. The zero-order valence-corrected chi connectivity index (χ0v) is 22.7. The van der Waals surface area contributed by atoms with Gasteiger partial charge in [-0.2, -0.15) is 0 Å². The van der Waals surface area contributed by atoms with Gasteiger partial charge in [0.1, 0.15) is 28.9 Å². The van der Waals surface area contributed by atoms with Crippen molar-refractivity contribution in [3.8, 4) is 5.75 Å². The summed E-state index contributed by atoms with van der Waals surface area (Å²) in [7, 11) is 1.59. The van der Waals surface area contributed by atoms with Gasteiger partial charge in [0.15, 0.2) is 0 Å². The zero-order chi connectivity index (χ0) is 27.6. The predicted octanol–water partition coefficient (Wildman–Crippen LogP) is 3.01. The third-order valence-corrected chi connectivity index (χ3v) is 8.57. The van der Waals surface area contributed by atoms with Crippen molar-refractivity contribution >= 4 is 23.5 Å². The molecular weight excluding hydrogens is 500 g/mol. The number of carbonyl (C=O) groups excluding carboxylic acids is 3. The molecule has 0 aromatic heterocycles. The molecule has 39 heavy (non-hydrogen) atoms. The number of fused-ring (bicyclic) bond motifs is 2. The number of unbranched alkanes of at least 4 members (excludes halogenated alkanes) is 2. The average molecular weight is 539 g/mol. The molecule has 0 radical (unpaired) electrons. The fraction of sp³-hybridized carbons (Fsp3) is 0.567. The Labute approximate surface area is 229 Å². The van der Waals surface area contributed by atoms with Crippen LogP contribution >= 0.6 is 0 Å². The third-order valence-electron chi connectivity index (χ3n) is 8.57. The molecule has 2 fully saturated rings. The molecule has 1 N–H and O–H groups in total. The van der Waals surface area contributed by atoms with E-state index < -0.39 is 35.0 Å². The van der Waals surface area contributed by atoms with Crippen molar-refractivity contribution in [3.63, 3.8) is 0 Å². The number of amides is 2. The van der Waals surface area contributed by atoms with Gasteiger partial charge < -0.3 is 29.1 Å². The lowest BCUT2D eigenvalue weighted by Crippen LogP contribution is -2.56. The average Bonchev–Trinajstić information content (AvgIpc) is 3.32. The van der Waals surface area contributed by atoms with Crippen molar-refractivity contribution in [1.29, 1.82) is 0 Å². The maximum absolute atomic E-state index is 14.4. The lowest BCUT2D eigenvalue weighted by Gasteiger charge is -2.38. The van der Waals surface area contributed by atoms with Crippen LogP contribution in [0.3, 0.4) is 0 Å². The smallest absolute Gasteiger partial charge is 0.313 e. The molecule has 9 nitrogen and oxygen atoms in total. The molecule has 4 aliphatic rings. The number of rotatable bonds is 8. The van der Waals surface area contributed by atoms with Crippen molar-refractivity contribution < 1.29 is 33.7 Å². The van der Waals surface area contributed by atoms with Crippen LogP contribution in [-0.2, 0) is 23.9 Å². The first-order valence-corrected chi connectivity index (χ1v) is 14.0. The molecule has 9 heteroatoms. The topological polar surface area (TPSA) is 106 Å². The summed E-state index contributed by atoms with van der Waals surface area (Å²) in [4.78, 5) is 45.6. The molecule has 0 saturated carbocycles. The monoisotopic (exact) mass is 538 g/mol. The molecule has 4 aliphatic heterocycles. The molecule has 0 bridgehead atoms. The van der Waals surface area contributed by atoms with Gasteiger partial charge in [0.05, 0.1) is 19.6 Å². The van der Waals surface area contributed by atoms with Gasteiger partial charge in [-0.25, -0.2) is 0 Å². The minimum atomic E-state index is -1.31. The van der Waals surface area contributed by atoms with E-state index in [0.29, 0.717) is 56.6 Å². The van der Waals surface area contributed by atoms with Gasteiger partial charge in [-0.05, 0) is 62.8 Å². The van der Waals surface area contributed by atoms with Crippen molar-refractivity contribution in [3.05, 3.63) is 48.6 Å². The molecular formula is C30H38N2O7. The summed E-state index contributed by atoms with van der Waals surface area (Å²) in [6.45, 7) is 2.92. The van der Waals surface area contributed by atoms with Crippen LogP contribution < -0.4 is 9.64 Å². The first-order valence-electron chi connectivity index (χ1n) is 14.0. The number of nitrogens with zero attached hydrogens (tertiary/aromatic N) is 2. The number of likely N-dealkylation sites (tertiary alicyclic amines) is 1.